The molecule has 0 aliphatic carbocycles. The Hall–Kier alpha value is -4.25. The van der Waals surface area contributed by atoms with E-state index in [1.165, 1.54) is 24.9 Å². The van der Waals surface area contributed by atoms with Gasteiger partial charge in [0.2, 0.25) is 0 Å². The molecule has 0 saturated carbocycles. The zero-order valence-corrected chi connectivity index (χ0v) is 23.3. The van der Waals surface area contributed by atoms with Gasteiger partial charge in [0.25, 0.3) is 0 Å². The zero-order valence-electron chi connectivity index (χ0n) is 23.3. The zero-order chi connectivity index (χ0) is 28.1. The molecule has 2 heterocycles. The van der Waals surface area contributed by atoms with Crippen molar-refractivity contribution in [2.45, 2.75) is 39.0 Å². The number of carbonyl (C=O) groups is 3. The molecule has 0 amide bonds. The molecule has 204 valence electrons. The topological polar surface area (TPSA) is 59.4 Å². The second kappa shape index (κ2) is 12.3. The average molecular weight is 533 g/mol. The van der Waals surface area contributed by atoms with Crippen LogP contribution in [0.1, 0.15) is 74.1 Å². The predicted molar refractivity (Wildman–Crippen MR) is 159 cm³/mol. The molecule has 1 saturated heterocycles. The molecule has 5 nitrogen and oxygen atoms in total. The van der Waals surface area contributed by atoms with Gasteiger partial charge in [0.15, 0.2) is 17.3 Å². The van der Waals surface area contributed by atoms with Crippen LogP contribution in [0, 0.1) is 5.92 Å². The van der Waals surface area contributed by atoms with E-state index in [1.807, 2.05) is 66.3 Å². The maximum Gasteiger partial charge on any atom is 0.193 e. The Morgan fingerprint density at radius 2 is 1.32 bits per heavy atom. The number of anilines is 1. The number of benzene rings is 3. The summed E-state index contributed by atoms with van der Waals surface area (Å²) >= 11 is 0. The van der Waals surface area contributed by atoms with E-state index in [0.717, 1.165) is 30.1 Å². The van der Waals surface area contributed by atoms with Crippen LogP contribution in [0.3, 0.4) is 0 Å². The molecule has 5 rings (SSSR count). The van der Waals surface area contributed by atoms with Crippen LogP contribution in [-0.4, -0.2) is 35.0 Å². The van der Waals surface area contributed by atoms with Crippen LogP contribution in [0.5, 0.6) is 0 Å². The van der Waals surface area contributed by atoms with Crippen molar-refractivity contribution < 1.29 is 14.4 Å². The molecule has 5 heteroatoms. The summed E-state index contributed by atoms with van der Waals surface area (Å²) in [5, 5.41) is 0. The van der Waals surface area contributed by atoms with Crippen LogP contribution in [-0.2, 0) is 19.9 Å². The highest BCUT2D eigenvalue weighted by molar-refractivity contribution is 6.09. The van der Waals surface area contributed by atoms with Crippen molar-refractivity contribution in [1.82, 2.24) is 4.57 Å². The van der Waals surface area contributed by atoms with Gasteiger partial charge in [-0.25, -0.2) is 0 Å². The lowest BCUT2D eigenvalue weighted by Gasteiger charge is -2.34. The minimum absolute atomic E-state index is 0.0415. The van der Waals surface area contributed by atoms with Crippen LogP contribution in [0.15, 0.2) is 91.1 Å². The molecule has 3 aromatic carbocycles. The quantitative estimate of drug-likeness (QED) is 0.212. The van der Waals surface area contributed by atoms with Crippen LogP contribution in [0.25, 0.3) is 0 Å². The largest absolute Gasteiger partial charge is 0.371 e. The smallest absolute Gasteiger partial charge is 0.193 e. The third-order valence-electron chi connectivity index (χ3n) is 8.04. The van der Waals surface area contributed by atoms with Crippen LogP contribution in [0.4, 0.5) is 5.69 Å². The van der Waals surface area contributed by atoms with Gasteiger partial charge >= 0.3 is 0 Å². The highest BCUT2D eigenvalue weighted by Gasteiger charge is 2.19. The number of piperidine rings is 1. The molecule has 1 unspecified atom stereocenters. The van der Waals surface area contributed by atoms with E-state index in [0.29, 0.717) is 28.8 Å². The van der Waals surface area contributed by atoms with Crippen LogP contribution >= 0.6 is 0 Å². The number of nitrogens with zero attached hydrogens (tertiary/aromatic N) is 2. The number of carbonyl (C=O) groups excluding carboxylic acids is 3. The number of Topliss-reactive ketones (excluding diaryl/α,β-unsaturated/α-hetero) is 2. The van der Waals surface area contributed by atoms with Gasteiger partial charge in [0.1, 0.15) is 0 Å². The molecule has 1 atom stereocenters. The Balaban J connectivity index is 1.17. The van der Waals surface area contributed by atoms with E-state index >= 15 is 0 Å². The first kappa shape index (κ1) is 27.3. The average Bonchev–Trinajstić information content (AvgIpc) is 3.43. The van der Waals surface area contributed by atoms with Gasteiger partial charge < -0.3 is 9.47 Å². The fourth-order valence-corrected chi connectivity index (χ4v) is 5.52. The molecule has 1 aliphatic rings. The van der Waals surface area contributed by atoms with Gasteiger partial charge in [-0.1, -0.05) is 61.9 Å². The summed E-state index contributed by atoms with van der Waals surface area (Å²) in [5.41, 5.74) is 5.44. The first-order valence-electron chi connectivity index (χ1n) is 14.2. The van der Waals surface area contributed by atoms with Crippen molar-refractivity contribution in [2.75, 3.05) is 18.0 Å². The van der Waals surface area contributed by atoms with Gasteiger partial charge in [-0.05, 0) is 66.3 Å². The van der Waals surface area contributed by atoms with Crippen molar-refractivity contribution in [3.05, 3.63) is 125 Å². The molecule has 0 radical (unpaired) electrons. The number of hydrogen-bond acceptors (Lipinski definition) is 4. The predicted octanol–water partition coefficient (Wildman–Crippen LogP) is 6.73. The first-order valence-corrected chi connectivity index (χ1v) is 14.2. The Kier molecular flexibility index (Phi) is 8.40. The fourth-order valence-electron chi connectivity index (χ4n) is 5.52. The lowest BCUT2D eigenvalue weighted by Crippen LogP contribution is -2.35. The first-order chi connectivity index (χ1) is 19.4. The summed E-state index contributed by atoms with van der Waals surface area (Å²) in [5.74, 6) is 0.771. The Bertz CT molecular complexity index is 1480. The molecule has 0 N–H and O–H groups in total. The minimum atomic E-state index is -0.0863. The minimum Gasteiger partial charge on any atom is -0.371 e. The Morgan fingerprint density at radius 1 is 0.750 bits per heavy atom. The van der Waals surface area contributed by atoms with E-state index in [2.05, 4.69) is 24.0 Å². The van der Waals surface area contributed by atoms with Gasteiger partial charge in [-0.15, -0.1) is 0 Å². The molecule has 1 aromatic heterocycles. The standard InChI is InChI=1S/C35H36N2O3/c1-3-25-6-4-21-37(24-25)31-18-16-28(17-19-31)33(38)22-26-8-12-29(13-9-26)35(40)30-14-10-27(11-15-30)23-34(39)32-7-5-20-36(32)2/h5,7-20,25H,3-4,6,21-24H2,1-2H3. The van der Waals surface area contributed by atoms with E-state index in [4.69, 9.17) is 0 Å². The summed E-state index contributed by atoms with van der Waals surface area (Å²) < 4.78 is 1.81. The van der Waals surface area contributed by atoms with Gasteiger partial charge in [0, 0.05) is 61.6 Å². The van der Waals surface area contributed by atoms with Crippen molar-refractivity contribution in [1.29, 1.82) is 0 Å². The summed E-state index contributed by atoms with van der Waals surface area (Å²) in [6.07, 6.45) is 6.16. The molecular weight excluding hydrogens is 496 g/mol. The number of ketones is 3. The molecule has 1 fully saturated rings. The number of hydrogen-bond donors (Lipinski definition) is 0. The van der Waals surface area contributed by atoms with E-state index in [9.17, 15) is 14.4 Å². The Morgan fingerprint density at radius 3 is 1.88 bits per heavy atom. The third kappa shape index (κ3) is 6.31. The molecule has 0 spiro atoms. The molecule has 1 aliphatic heterocycles. The van der Waals surface area contributed by atoms with Crippen molar-refractivity contribution in [3.8, 4) is 0 Å². The van der Waals surface area contributed by atoms with Crippen molar-refractivity contribution in [2.24, 2.45) is 13.0 Å². The molecular formula is C35H36N2O3. The van der Waals surface area contributed by atoms with E-state index in [1.54, 1.807) is 24.3 Å². The van der Waals surface area contributed by atoms with E-state index in [-0.39, 0.29) is 23.8 Å². The SMILES string of the molecule is CCC1CCCN(c2ccc(C(=O)Cc3ccc(C(=O)c4ccc(CC(=O)c5cccn5C)cc4)cc3)cc2)C1. The van der Waals surface area contributed by atoms with Crippen LogP contribution < -0.4 is 4.90 Å². The summed E-state index contributed by atoms with van der Waals surface area (Å²) in [7, 11) is 1.85. The lowest BCUT2D eigenvalue weighted by atomic mass is 9.95. The van der Waals surface area contributed by atoms with Gasteiger partial charge in [0.05, 0.1) is 5.69 Å². The molecule has 40 heavy (non-hydrogen) atoms. The maximum atomic E-state index is 13.0. The van der Waals surface area contributed by atoms with Gasteiger partial charge in [-0.3, -0.25) is 14.4 Å². The Labute approximate surface area is 236 Å². The third-order valence-corrected chi connectivity index (χ3v) is 8.04. The highest BCUT2D eigenvalue weighted by atomic mass is 16.1. The van der Waals surface area contributed by atoms with Crippen molar-refractivity contribution >= 4 is 23.0 Å². The van der Waals surface area contributed by atoms with Crippen molar-refractivity contribution in [3.63, 3.8) is 0 Å². The second-order valence-electron chi connectivity index (χ2n) is 10.8. The maximum absolute atomic E-state index is 13.0. The monoisotopic (exact) mass is 532 g/mol. The van der Waals surface area contributed by atoms with Crippen LogP contribution in [0.2, 0.25) is 0 Å². The summed E-state index contributed by atoms with van der Waals surface area (Å²) in [6, 6.07) is 26.1. The van der Waals surface area contributed by atoms with E-state index < -0.39 is 0 Å². The second-order valence-corrected chi connectivity index (χ2v) is 10.8. The lowest BCUT2D eigenvalue weighted by molar-refractivity contribution is 0.0980. The summed E-state index contributed by atoms with van der Waals surface area (Å²) in [6.45, 7) is 4.42. The summed E-state index contributed by atoms with van der Waals surface area (Å²) in [4.78, 5) is 40.9. The number of aryl methyl sites for hydroxylation is 1. The normalized spacial score (nSPS) is 15.2. The number of rotatable bonds is 10. The molecule has 0 bridgehead atoms. The highest BCUT2D eigenvalue weighted by Crippen LogP contribution is 2.25. The van der Waals surface area contributed by atoms with Gasteiger partial charge in [-0.2, -0.15) is 0 Å². The number of aromatic nitrogens is 1. The fraction of sp³-hybridized carbons (Fsp3) is 0.286. The molecule has 4 aromatic rings.